The van der Waals surface area contributed by atoms with Crippen LogP contribution in [0.4, 0.5) is 0 Å². The Morgan fingerprint density at radius 3 is 1.94 bits per heavy atom. The standard InChI is InChI=1S/C28H54N6O15/c1-34-15-18(39)23-11(43-26(15)49-27-19(40)17(38)14(33)12(6-35)44-27)5-10(32)25(47-23)46-21-9(31)4-8(30)16(37)24(21)48-28-20(41)22(42-3-2-29)13(7-36)45-28/h8-28,34-41H,2-7,29-33H2,1H3/t8-,9+,10-,11?,12-,13-,14-,15+,16+,17+,18-,19-,20-,21-,22-,23?,24-,25+,26-,27-,28?/m1/s1. The van der Waals surface area contributed by atoms with E-state index >= 15 is 0 Å². The van der Waals surface area contributed by atoms with Gasteiger partial charge in [-0.1, -0.05) is 0 Å². The maximum Gasteiger partial charge on any atom is 0.189 e. The Kier molecular flexibility index (Phi) is 13.6. The molecule has 0 aromatic heterocycles. The molecule has 1 saturated carbocycles. The minimum Gasteiger partial charge on any atom is -0.394 e. The normalized spacial score (nSPS) is 52.2. The third kappa shape index (κ3) is 8.07. The van der Waals surface area contributed by atoms with Crippen molar-refractivity contribution in [2.75, 3.05) is 33.4 Å². The molecule has 0 aromatic carbocycles. The van der Waals surface area contributed by atoms with E-state index in [-0.39, 0.29) is 26.0 Å². The van der Waals surface area contributed by atoms with E-state index in [2.05, 4.69) is 5.32 Å². The summed E-state index contributed by atoms with van der Waals surface area (Å²) in [6.45, 7) is -0.759. The van der Waals surface area contributed by atoms with E-state index in [0.717, 1.165) is 0 Å². The smallest absolute Gasteiger partial charge is 0.189 e. The first-order valence-corrected chi connectivity index (χ1v) is 16.6. The largest absolute Gasteiger partial charge is 0.394 e. The number of likely N-dealkylation sites (N-methyl/N-ethyl adjacent to an activating group) is 1. The van der Waals surface area contributed by atoms with Crippen molar-refractivity contribution in [1.29, 1.82) is 0 Å². The molecule has 4 heterocycles. The molecule has 0 bridgehead atoms. The Balaban J connectivity index is 1.27. The van der Waals surface area contributed by atoms with Gasteiger partial charge in [-0.15, -0.1) is 0 Å². The van der Waals surface area contributed by atoms with Gasteiger partial charge in [0.2, 0.25) is 0 Å². The zero-order chi connectivity index (χ0) is 35.7. The van der Waals surface area contributed by atoms with Crippen molar-refractivity contribution in [2.45, 2.75) is 141 Å². The van der Waals surface area contributed by atoms with Gasteiger partial charge in [0.25, 0.3) is 0 Å². The van der Waals surface area contributed by atoms with Gasteiger partial charge in [0, 0.05) is 18.6 Å². The second-order valence-electron chi connectivity index (χ2n) is 13.2. The lowest BCUT2D eigenvalue weighted by Gasteiger charge is -2.51. The van der Waals surface area contributed by atoms with Crippen LogP contribution < -0.4 is 34.0 Å². The van der Waals surface area contributed by atoms with Crippen molar-refractivity contribution in [1.82, 2.24) is 5.32 Å². The molecule has 0 amide bonds. The Hall–Kier alpha value is -0.840. The fourth-order valence-electron chi connectivity index (χ4n) is 7.12. The summed E-state index contributed by atoms with van der Waals surface area (Å²) >= 11 is 0. The number of nitrogens with one attached hydrogen (secondary N) is 1. The predicted molar refractivity (Wildman–Crippen MR) is 162 cm³/mol. The first kappa shape index (κ1) is 39.4. The summed E-state index contributed by atoms with van der Waals surface area (Å²) < 4.78 is 47.3. The van der Waals surface area contributed by atoms with Crippen molar-refractivity contribution < 1.29 is 73.6 Å². The van der Waals surface area contributed by atoms with Crippen molar-refractivity contribution in [3.63, 3.8) is 0 Å². The van der Waals surface area contributed by atoms with Crippen LogP contribution in [0.1, 0.15) is 12.8 Å². The van der Waals surface area contributed by atoms with Crippen molar-refractivity contribution >= 4 is 0 Å². The number of hydrogen-bond donors (Lipinski definition) is 13. The quantitative estimate of drug-likeness (QED) is 0.0892. The molecule has 0 spiro atoms. The van der Waals surface area contributed by atoms with Crippen LogP contribution >= 0.6 is 0 Å². The maximum absolute atomic E-state index is 11.4. The Morgan fingerprint density at radius 2 is 1.29 bits per heavy atom. The maximum atomic E-state index is 11.4. The molecular formula is C28H54N6O15. The third-order valence-electron chi connectivity index (χ3n) is 9.91. The molecule has 49 heavy (non-hydrogen) atoms. The van der Waals surface area contributed by atoms with Gasteiger partial charge < -0.3 is 108 Å². The summed E-state index contributed by atoms with van der Waals surface area (Å²) in [5.74, 6) is 0. The van der Waals surface area contributed by atoms with E-state index in [1.54, 1.807) is 0 Å². The predicted octanol–water partition coefficient (Wildman–Crippen LogP) is -8.50. The minimum absolute atomic E-state index is 0.0852. The molecular weight excluding hydrogens is 660 g/mol. The SMILES string of the molecule is CN[C@@H]1[C@@H](O[C@H]2O[C@H](CO)[C@@H](N)[C@H](O)[C@H]2O)OC2C[C@@H](N)[C@@H](O[C@H]3[C@H](OC4O[C@H](CO)[C@@H](OCCN)[C@H]4O)[C@@H](O)[C@H](N)C[C@@H]3N)OC2[C@@H]1O. The summed E-state index contributed by atoms with van der Waals surface area (Å²) in [6, 6.07) is -4.49. The lowest BCUT2D eigenvalue weighted by atomic mass is 9.84. The molecule has 21 heteroatoms. The highest BCUT2D eigenvalue weighted by molar-refractivity contribution is 5.03. The highest BCUT2D eigenvalue weighted by atomic mass is 16.8. The highest BCUT2D eigenvalue weighted by Crippen LogP contribution is 2.37. The number of nitrogens with two attached hydrogens (primary N) is 5. The lowest BCUT2D eigenvalue weighted by molar-refractivity contribution is -0.374. The second-order valence-corrected chi connectivity index (χ2v) is 13.2. The van der Waals surface area contributed by atoms with Crippen LogP contribution in [0.3, 0.4) is 0 Å². The number of fused-ring (bicyclic) bond motifs is 1. The van der Waals surface area contributed by atoms with Gasteiger partial charge in [-0.05, 0) is 19.9 Å². The van der Waals surface area contributed by atoms with Gasteiger partial charge in [0.1, 0.15) is 61.0 Å². The molecule has 4 aliphatic heterocycles. The van der Waals surface area contributed by atoms with E-state index in [4.69, 9.17) is 66.6 Å². The summed E-state index contributed by atoms with van der Waals surface area (Å²) in [5, 5.41) is 76.6. The zero-order valence-corrected chi connectivity index (χ0v) is 27.2. The van der Waals surface area contributed by atoms with E-state index < -0.39 is 142 Å². The monoisotopic (exact) mass is 714 g/mol. The number of hydrogen-bond acceptors (Lipinski definition) is 21. The van der Waals surface area contributed by atoms with E-state index in [9.17, 15) is 35.7 Å². The lowest BCUT2D eigenvalue weighted by Crippen LogP contribution is -2.70. The van der Waals surface area contributed by atoms with Crippen molar-refractivity contribution in [3.8, 4) is 0 Å². The van der Waals surface area contributed by atoms with Gasteiger partial charge >= 0.3 is 0 Å². The van der Waals surface area contributed by atoms with Crippen LogP contribution in [0.15, 0.2) is 0 Å². The molecule has 4 saturated heterocycles. The second kappa shape index (κ2) is 16.9. The van der Waals surface area contributed by atoms with E-state index in [1.165, 1.54) is 7.05 Å². The minimum atomic E-state index is -1.58. The topological polar surface area (TPSA) is 358 Å². The zero-order valence-electron chi connectivity index (χ0n) is 27.2. The number of rotatable bonds is 12. The van der Waals surface area contributed by atoms with Crippen LogP contribution in [0.5, 0.6) is 0 Å². The summed E-state index contributed by atoms with van der Waals surface area (Å²) in [7, 11) is 1.54. The number of aliphatic hydroxyl groups is 7. The van der Waals surface area contributed by atoms with Gasteiger partial charge in [-0.3, -0.25) is 0 Å². The fourth-order valence-corrected chi connectivity index (χ4v) is 7.12. The molecule has 0 radical (unpaired) electrons. The Labute approximate surface area is 282 Å². The van der Waals surface area contributed by atoms with Crippen LogP contribution in [0.25, 0.3) is 0 Å². The highest BCUT2D eigenvalue weighted by Gasteiger charge is 2.55. The molecule has 5 aliphatic rings. The van der Waals surface area contributed by atoms with E-state index in [1.807, 2.05) is 0 Å². The Bertz CT molecular complexity index is 1040. The molecule has 21 atom stereocenters. The molecule has 21 nitrogen and oxygen atoms in total. The summed E-state index contributed by atoms with van der Waals surface area (Å²) in [4.78, 5) is 0. The van der Waals surface area contributed by atoms with Gasteiger partial charge in [-0.2, -0.15) is 0 Å². The van der Waals surface area contributed by atoms with Crippen LogP contribution in [-0.2, 0) is 37.9 Å². The van der Waals surface area contributed by atoms with Crippen LogP contribution in [-0.4, -0.2) is 198 Å². The number of ether oxygens (including phenoxy) is 8. The fraction of sp³-hybridized carbons (Fsp3) is 1.00. The third-order valence-corrected chi connectivity index (χ3v) is 9.91. The van der Waals surface area contributed by atoms with Crippen LogP contribution in [0, 0.1) is 0 Å². The number of aliphatic hydroxyl groups excluding tert-OH is 7. The van der Waals surface area contributed by atoms with Crippen molar-refractivity contribution in [2.24, 2.45) is 28.7 Å². The van der Waals surface area contributed by atoms with Gasteiger partial charge in [0.15, 0.2) is 25.2 Å². The van der Waals surface area contributed by atoms with E-state index in [0.29, 0.717) is 0 Å². The van der Waals surface area contributed by atoms with Crippen molar-refractivity contribution in [3.05, 3.63) is 0 Å². The molecule has 1 aliphatic carbocycles. The Morgan fingerprint density at radius 1 is 0.633 bits per heavy atom. The first-order valence-electron chi connectivity index (χ1n) is 16.6. The molecule has 5 rings (SSSR count). The van der Waals surface area contributed by atoms with Crippen LogP contribution in [0.2, 0.25) is 0 Å². The molecule has 3 unspecified atom stereocenters. The van der Waals surface area contributed by atoms with Gasteiger partial charge in [0.05, 0.1) is 50.2 Å². The molecule has 5 fully saturated rings. The average molecular weight is 715 g/mol. The summed E-state index contributed by atoms with van der Waals surface area (Å²) in [6.07, 6.45) is -19.1. The van der Waals surface area contributed by atoms with Gasteiger partial charge in [-0.25, -0.2) is 0 Å². The first-order chi connectivity index (χ1) is 23.3. The average Bonchev–Trinajstić information content (AvgIpc) is 3.38. The molecule has 286 valence electrons. The summed E-state index contributed by atoms with van der Waals surface area (Å²) in [5.41, 5.74) is 30.5. The molecule has 18 N–H and O–H groups in total. The molecule has 0 aromatic rings.